The van der Waals surface area contributed by atoms with E-state index in [2.05, 4.69) is 22.3 Å². The van der Waals surface area contributed by atoms with Gasteiger partial charge in [-0.15, -0.1) is 0 Å². The molecule has 1 amide bonds. The zero-order valence-electron chi connectivity index (χ0n) is 29.8. The van der Waals surface area contributed by atoms with Crippen molar-refractivity contribution in [3.63, 3.8) is 0 Å². The number of aromatic nitrogens is 2. The van der Waals surface area contributed by atoms with Crippen LogP contribution in [0.3, 0.4) is 0 Å². The highest BCUT2D eigenvalue weighted by molar-refractivity contribution is 7.89. The Morgan fingerprint density at radius 1 is 0.731 bits per heavy atom. The molecule has 2 saturated heterocycles. The van der Waals surface area contributed by atoms with Gasteiger partial charge in [-0.25, -0.2) is 26.5 Å². The molecule has 0 spiro atoms. The van der Waals surface area contributed by atoms with Gasteiger partial charge in [0.05, 0.1) is 50.9 Å². The Morgan fingerprint density at radius 3 is 1.69 bits per heavy atom. The topological polar surface area (TPSA) is 152 Å². The summed E-state index contributed by atoms with van der Waals surface area (Å²) in [6.07, 6.45) is 1.68. The summed E-state index contributed by atoms with van der Waals surface area (Å²) in [6.45, 7) is 10.5. The summed E-state index contributed by atoms with van der Waals surface area (Å²) in [5.41, 5.74) is 2.68. The van der Waals surface area contributed by atoms with Gasteiger partial charge in [-0.05, 0) is 106 Å². The fraction of sp³-hybridized carbons (Fsp3) is 0.378. The highest BCUT2D eigenvalue weighted by Crippen LogP contribution is 2.25. The summed E-state index contributed by atoms with van der Waals surface area (Å²) in [6, 6.07) is 21.6. The number of nitrogens with zero attached hydrogens (tertiary/aromatic N) is 5. The first-order valence-electron chi connectivity index (χ1n) is 17.3. The average molecular weight is 749 g/mol. The van der Waals surface area contributed by atoms with E-state index in [0.29, 0.717) is 11.4 Å². The van der Waals surface area contributed by atoms with Gasteiger partial charge in [-0.1, -0.05) is 19.1 Å². The number of carbonyl (C=O) groups is 1. The van der Waals surface area contributed by atoms with Crippen molar-refractivity contribution >= 4 is 37.3 Å². The summed E-state index contributed by atoms with van der Waals surface area (Å²) in [7, 11) is -7.52. The number of carbonyl (C=O) groups excluding carboxylic acids is 1. The fourth-order valence-corrected chi connectivity index (χ4v) is 9.56. The molecule has 4 aromatic rings. The summed E-state index contributed by atoms with van der Waals surface area (Å²) >= 11 is 0. The molecule has 13 nitrogen and oxygen atoms in total. The number of sulfonamides is 2. The number of aryl methyl sites for hydroxylation is 1. The maximum absolute atomic E-state index is 13.8. The van der Waals surface area contributed by atoms with Gasteiger partial charge in [0.1, 0.15) is 0 Å². The van der Waals surface area contributed by atoms with E-state index in [9.17, 15) is 21.6 Å². The number of hydrogen-bond acceptors (Lipinski definition) is 9. The van der Waals surface area contributed by atoms with Crippen molar-refractivity contribution in [2.24, 2.45) is 4.99 Å². The Morgan fingerprint density at radius 2 is 1.21 bits per heavy atom. The second-order valence-corrected chi connectivity index (χ2v) is 17.1. The lowest BCUT2D eigenvalue weighted by molar-refractivity contribution is -0.0442. The number of amides is 1. The zero-order valence-corrected chi connectivity index (χ0v) is 31.5. The van der Waals surface area contributed by atoms with Crippen LogP contribution in [0, 0.1) is 0 Å². The van der Waals surface area contributed by atoms with Crippen LogP contribution in [0.1, 0.15) is 50.7 Å². The van der Waals surface area contributed by atoms with E-state index in [1.807, 2.05) is 52.0 Å². The lowest BCUT2D eigenvalue weighted by Gasteiger charge is -2.34. The molecule has 276 valence electrons. The monoisotopic (exact) mass is 748 g/mol. The molecule has 2 fully saturated rings. The molecule has 52 heavy (non-hydrogen) atoms. The van der Waals surface area contributed by atoms with E-state index >= 15 is 0 Å². The number of nitrogens with one attached hydrogen (secondary N) is 1. The van der Waals surface area contributed by atoms with Crippen LogP contribution in [0.4, 0.5) is 11.4 Å². The minimum absolute atomic E-state index is 0.00282. The molecular weight excluding hydrogens is 705 g/mol. The van der Waals surface area contributed by atoms with Gasteiger partial charge in [0.2, 0.25) is 20.0 Å². The molecule has 4 atom stereocenters. The average Bonchev–Trinajstić information content (AvgIpc) is 3.11. The van der Waals surface area contributed by atoms with Crippen LogP contribution < -0.4 is 10.7 Å². The third-order valence-corrected chi connectivity index (χ3v) is 12.6. The van der Waals surface area contributed by atoms with Crippen LogP contribution in [0.15, 0.2) is 99.8 Å². The van der Waals surface area contributed by atoms with Gasteiger partial charge in [0.25, 0.3) is 5.91 Å². The Balaban J connectivity index is 1.29. The van der Waals surface area contributed by atoms with E-state index in [0.717, 1.165) is 17.7 Å². The first kappa shape index (κ1) is 37.5. The maximum atomic E-state index is 13.8. The lowest BCUT2D eigenvalue weighted by Crippen LogP contribution is -2.48. The molecule has 15 heteroatoms. The molecule has 3 heterocycles. The van der Waals surface area contributed by atoms with Crippen molar-refractivity contribution in [1.82, 2.24) is 18.4 Å². The number of ether oxygens (including phenoxy) is 2. The predicted molar refractivity (Wildman–Crippen MR) is 197 cm³/mol. The van der Waals surface area contributed by atoms with E-state index < -0.39 is 26.0 Å². The summed E-state index contributed by atoms with van der Waals surface area (Å²) < 4.78 is 69.3. The maximum Gasteiger partial charge on any atom is 0.278 e. The molecular formula is C37H44N6O7S2. The predicted octanol–water partition coefficient (Wildman–Crippen LogP) is 4.52. The Labute approximate surface area is 305 Å². The Bertz CT molecular complexity index is 2170. The van der Waals surface area contributed by atoms with Crippen LogP contribution in [0.25, 0.3) is 5.69 Å². The zero-order chi connectivity index (χ0) is 37.2. The number of anilines is 1. The number of benzene rings is 3. The molecule has 0 unspecified atom stereocenters. The third kappa shape index (κ3) is 8.35. The van der Waals surface area contributed by atoms with Crippen LogP contribution in [0.5, 0.6) is 0 Å². The third-order valence-electron chi connectivity index (χ3n) is 8.89. The van der Waals surface area contributed by atoms with Crippen LogP contribution in [-0.4, -0.2) is 91.7 Å². The summed E-state index contributed by atoms with van der Waals surface area (Å²) in [4.78, 5) is 18.8. The second-order valence-electron chi connectivity index (χ2n) is 13.3. The van der Waals surface area contributed by atoms with Crippen molar-refractivity contribution < 1.29 is 31.1 Å². The van der Waals surface area contributed by atoms with Crippen molar-refractivity contribution in [2.75, 3.05) is 31.5 Å². The van der Waals surface area contributed by atoms with Gasteiger partial charge in [0, 0.05) is 38.1 Å². The lowest BCUT2D eigenvalue weighted by atomic mass is 10.1. The van der Waals surface area contributed by atoms with Gasteiger partial charge < -0.3 is 14.8 Å². The van der Waals surface area contributed by atoms with Gasteiger partial charge >= 0.3 is 0 Å². The van der Waals surface area contributed by atoms with Crippen LogP contribution >= 0.6 is 0 Å². The standard InChI is InChI=1S/C37H44N6O7S2/c1-6-29-7-13-32(14-8-29)43-20-19-35(38-30-9-15-33(16-10-30)51(45,46)41-21-25(2)49-26(3)22-41)36(40-43)37(44)39-31-11-17-34(18-12-31)52(47,48)42-23-27(4)50-28(5)24-42/h7-20,25-28H,6,21-24H2,1-5H3,(H,39,44)/t25-,26+,27-,28+. The molecule has 3 aromatic carbocycles. The van der Waals surface area contributed by atoms with Crippen molar-refractivity contribution in [2.45, 2.75) is 75.2 Å². The highest BCUT2D eigenvalue weighted by Gasteiger charge is 2.33. The quantitative estimate of drug-likeness (QED) is 0.263. The largest absolute Gasteiger partial charge is 0.373 e. The second kappa shape index (κ2) is 15.4. The molecule has 1 N–H and O–H groups in total. The number of morpholine rings is 2. The first-order valence-corrected chi connectivity index (χ1v) is 20.2. The minimum Gasteiger partial charge on any atom is -0.373 e. The van der Waals surface area contributed by atoms with E-state index in [4.69, 9.17) is 9.47 Å². The summed E-state index contributed by atoms with van der Waals surface area (Å²) in [5.74, 6) is -0.570. The fourth-order valence-electron chi connectivity index (χ4n) is 6.38. The SMILES string of the molecule is CCc1ccc(-n2ccc(=Nc3ccc(S(=O)(=O)N4C[C@@H](C)O[C@@H](C)C4)cc3)c(C(=O)Nc3ccc(S(=O)(=O)N4C[C@@H](C)O[C@@H](C)C4)cc3)n2)cc1. The molecule has 2 aliphatic heterocycles. The molecule has 2 aliphatic rings. The normalized spacial score (nSPS) is 22.3. The minimum atomic E-state index is -3.77. The number of rotatable bonds is 9. The van der Waals surface area contributed by atoms with E-state index in [-0.39, 0.29) is 71.4 Å². The highest BCUT2D eigenvalue weighted by atomic mass is 32.2. The summed E-state index contributed by atoms with van der Waals surface area (Å²) in [5, 5.41) is 7.72. The first-order chi connectivity index (χ1) is 24.7. The molecule has 0 aliphatic carbocycles. The van der Waals surface area contributed by atoms with Crippen molar-refractivity contribution in [3.8, 4) is 5.69 Å². The van der Waals surface area contributed by atoms with Crippen LogP contribution in [0.2, 0.25) is 0 Å². The van der Waals surface area contributed by atoms with Gasteiger partial charge in [0.15, 0.2) is 5.69 Å². The number of hydrogen-bond donors (Lipinski definition) is 1. The molecule has 1 aromatic heterocycles. The molecule has 0 saturated carbocycles. The molecule has 0 bridgehead atoms. The molecule has 0 radical (unpaired) electrons. The van der Waals surface area contributed by atoms with Crippen molar-refractivity contribution in [3.05, 3.63) is 102 Å². The smallest absolute Gasteiger partial charge is 0.278 e. The van der Waals surface area contributed by atoms with Crippen LogP contribution in [-0.2, 0) is 35.9 Å². The van der Waals surface area contributed by atoms with E-state index in [1.165, 1.54) is 45.0 Å². The Kier molecular flexibility index (Phi) is 11.1. The Hall–Kier alpha value is -4.25. The van der Waals surface area contributed by atoms with Gasteiger partial charge in [-0.2, -0.15) is 13.7 Å². The van der Waals surface area contributed by atoms with Gasteiger partial charge in [-0.3, -0.25) is 4.79 Å². The van der Waals surface area contributed by atoms with E-state index in [1.54, 1.807) is 29.1 Å². The van der Waals surface area contributed by atoms with Crippen molar-refractivity contribution in [1.29, 1.82) is 0 Å². The molecule has 6 rings (SSSR count).